The highest BCUT2D eigenvalue weighted by Gasteiger charge is 2.52. The zero-order valence-electron chi connectivity index (χ0n) is 14.4. The lowest BCUT2D eigenvalue weighted by Gasteiger charge is -2.46. The van der Waals surface area contributed by atoms with Gasteiger partial charge in [0.25, 0.3) is 5.91 Å². The van der Waals surface area contributed by atoms with Gasteiger partial charge < -0.3 is 14.2 Å². The number of likely N-dealkylation sites (tertiary alicyclic amines) is 2. The molecule has 1 atom stereocenters. The Morgan fingerprint density at radius 2 is 1.88 bits per heavy atom. The molecule has 2 aliphatic heterocycles. The summed E-state index contributed by atoms with van der Waals surface area (Å²) in [6, 6.07) is 12.0. The number of carbonyl (C=O) groups is 2. The number of rotatable bonds is 2. The molecule has 1 aromatic heterocycles. The average molecular weight is 338 g/mol. The molecule has 1 spiro atoms. The molecule has 0 N–H and O–H groups in total. The van der Waals surface area contributed by atoms with E-state index in [-0.39, 0.29) is 23.3 Å². The van der Waals surface area contributed by atoms with Crippen molar-refractivity contribution in [2.45, 2.75) is 30.7 Å². The number of piperidine rings is 1. The van der Waals surface area contributed by atoms with Crippen LogP contribution in [0.3, 0.4) is 0 Å². The molecule has 2 saturated heterocycles. The maximum Gasteiger partial charge on any atom is 0.257 e. The zero-order chi connectivity index (χ0) is 17.4. The number of hydrogen-bond acceptors (Lipinski definition) is 3. The number of amides is 2. The highest BCUT2D eigenvalue weighted by molar-refractivity contribution is 5.94. The van der Waals surface area contributed by atoms with Gasteiger partial charge in [0.2, 0.25) is 5.91 Å². The lowest BCUT2D eigenvalue weighted by atomic mass is 9.73. The molecule has 130 valence electrons. The van der Waals surface area contributed by atoms with Crippen LogP contribution in [0.5, 0.6) is 0 Å². The van der Waals surface area contributed by atoms with E-state index in [1.807, 2.05) is 35.0 Å². The first kappa shape index (κ1) is 15.9. The molecule has 0 radical (unpaired) electrons. The predicted molar refractivity (Wildman–Crippen MR) is 93.1 cm³/mol. The Labute approximate surface area is 147 Å². The van der Waals surface area contributed by atoms with Gasteiger partial charge in [-0.3, -0.25) is 9.59 Å². The van der Waals surface area contributed by atoms with Crippen molar-refractivity contribution in [3.05, 3.63) is 60.1 Å². The van der Waals surface area contributed by atoms with Gasteiger partial charge in [-0.25, -0.2) is 0 Å². The minimum absolute atomic E-state index is 0.00633. The topological polar surface area (TPSA) is 53.8 Å². The fraction of sp³-hybridized carbons (Fsp3) is 0.400. The molecule has 5 heteroatoms. The van der Waals surface area contributed by atoms with Crippen molar-refractivity contribution >= 4 is 11.8 Å². The van der Waals surface area contributed by atoms with Crippen LogP contribution < -0.4 is 0 Å². The molecule has 2 aliphatic rings. The van der Waals surface area contributed by atoms with Gasteiger partial charge in [-0.05, 0) is 24.5 Å². The molecular formula is C20H22N2O3. The van der Waals surface area contributed by atoms with Crippen molar-refractivity contribution in [3.63, 3.8) is 0 Å². The number of likely N-dealkylation sites (N-methyl/N-ethyl adjacent to an activating group) is 1. The summed E-state index contributed by atoms with van der Waals surface area (Å²) < 4.78 is 5.03. The summed E-state index contributed by atoms with van der Waals surface area (Å²) >= 11 is 0. The number of nitrogens with zero attached hydrogens (tertiary/aromatic N) is 2. The van der Waals surface area contributed by atoms with Crippen LogP contribution in [-0.4, -0.2) is 47.3 Å². The summed E-state index contributed by atoms with van der Waals surface area (Å²) in [6.07, 6.45) is 5.17. The van der Waals surface area contributed by atoms with Crippen LogP contribution in [0.1, 0.15) is 41.1 Å². The highest BCUT2D eigenvalue weighted by Crippen LogP contribution is 2.48. The van der Waals surface area contributed by atoms with Gasteiger partial charge in [0.05, 0.1) is 17.4 Å². The van der Waals surface area contributed by atoms with Gasteiger partial charge in [0, 0.05) is 32.5 Å². The molecule has 2 fully saturated rings. The van der Waals surface area contributed by atoms with E-state index in [2.05, 4.69) is 12.1 Å². The van der Waals surface area contributed by atoms with Gasteiger partial charge in [-0.1, -0.05) is 30.3 Å². The molecule has 0 bridgehead atoms. The maximum atomic E-state index is 12.5. The Balaban J connectivity index is 1.57. The number of carbonyl (C=O) groups excluding carboxylic acids is 2. The molecule has 0 unspecified atom stereocenters. The van der Waals surface area contributed by atoms with E-state index < -0.39 is 0 Å². The molecule has 0 saturated carbocycles. The Kier molecular flexibility index (Phi) is 3.86. The second-order valence-electron chi connectivity index (χ2n) is 7.03. The summed E-state index contributed by atoms with van der Waals surface area (Å²) in [4.78, 5) is 28.8. The van der Waals surface area contributed by atoms with Crippen LogP contribution >= 0.6 is 0 Å². The van der Waals surface area contributed by atoms with Crippen LogP contribution in [0.15, 0.2) is 53.3 Å². The van der Waals surface area contributed by atoms with Crippen molar-refractivity contribution in [2.75, 3.05) is 20.1 Å². The monoisotopic (exact) mass is 338 g/mol. The smallest absolute Gasteiger partial charge is 0.257 e. The molecule has 4 rings (SSSR count). The minimum atomic E-state index is -0.189. The van der Waals surface area contributed by atoms with Crippen molar-refractivity contribution < 1.29 is 14.0 Å². The number of furan rings is 1. The normalized spacial score (nSPS) is 22.6. The third-order valence-corrected chi connectivity index (χ3v) is 5.96. The van der Waals surface area contributed by atoms with E-state index in [0.29, 0.717) is 25.1 Å². The summed E-state index contributed by atoms with van der Waals surface area (Å²) in [7, 11) is 1.92. The van der Waals surface area contributed by atoms with Crippen molar-refractivity contribution in [2.24, 2.45) is 0 Å². The zero-order valence-corrected chi connectivity index (χ0v) is 14.4. The second kappa shape index (κ2) is 6.06. The SMILES string of the molecule is CN1C(=O)C[C@H](c2ccccc2)C12CCN(C(=O)c1ccoc1)CC2. The first-order valence-electron chi connectivity index (χ1n) is 8.75. The quantitative estimate of drug-likeness (QED) is 0.846. The third-order valence-electron chi connectivity index (χ3n) is 5.96. The highest BCUT2D eigenvalue weighted by atomic mass is 16.3. The summed E-state index contributed by atoms with van der Waals surface area (Å²) in [6.45, 7) is 1.32. The summed E-state index contributed by atoms with van der Waals surface area (Å²) in [5, 5.41) is 0. The van der Waals surface area contributed by atoms with Gasteiger partial charge in [0.1, 0.15) is 6.26 Å². The summed E-state index contributed by atoms with van der Waals surface area (Å²) in [5.74, 6) is 0.396. The standard InChI is InChI=1S/C20H22N2O3/c1-21-18(23)13-17(15-5-3-2-4-6-15)20(21)8-10-22(11-9-20)19(24)16-7-12-25-14-16/h2-7,12,14,17H,8-11,13H2,1H3/t17-/m1/s1. The van der Waals surface area contributed by atoms with E-state index in [0.717, 1.165) is 12.8 Å². The van der Waals surface area contributed by atoms with Crippen molar-refractivity contribution in [1.82, 2.24) is 9.80 Å². The molecule has 2 amide bonds. The fourth-order valence-corrected chi connectivity index (χ4v) is 4.45. The van der Waals surface area contributed by atoms with Crippen LogP contribution in [-0.2, 0) is 4.79 Å². The molecule has 5 nitrogen and oxygen atoms in total. The Bertz CT molecular complexity index is 762. The van der Waals surface area contributed by atoms with Crippen LogP contribution in [0.4, 0.5) is 0 Å². The number of benzene rings is 1. The first-order chi connectivity index (χ1) is 12.1. The average Bonchev–Trinajstić information content (AvgIpc) is 3.27. The largest absolute Gasteiger partial charge is 0.472 e. The minimum Gasteiger partial charge on any atom is -0.472 e. The molecular weight excluding hydrogens is 316 g/mol. The lowest BCUT2D eigenvalue weighted by molar-refractivity contribution is -0.130. The van der Waals surface area contributed by atoms with Crippen molar-refractivity contribution in [1.29, 1.82) is 0 Å². The Morgan fingerprint density at radius 1 is 1.16 bits per heavy atom. The van der Waals surface area contributed by atoms with E-state index in [4.69, 9.17) is 4.42 Å². The fourth-order valence-electron chi connectivity index (χ4n) is 4.45. The van der Waals surface area contributed by atoms with Crippen molar-refractivity contribution in [3.8, 4) is 0 Å². The van der Waals surface area contributed by atoms with E-state index in [1.165, 1.54) is 18.1 Å². The predicted octanol–water partition coefficient (Wildman–Crippen LogP) is 2.90. The van der Waals surface area contributed by atoms with E-state index >= 15 is 0 Å². The first-order valence-corrected chi connectivity index (χ1v) is 8.75. The third kappa shape index (κ3) is 2.54. The van der Waals surface area contributed by atoms with Crippen LogP contribution in [0.25, 0.3) is 0 Å². The van der Waals surface area contributed by atoms with E-state index in [1.54, 1.807) is 6.07 Å². The molecule has 0 aliphatic carbocycles. The van der Waals surface area contributed by atoms with Crippen LogP contribution in [0.2, 0.25) is 0 Å². The number of hydrogen-bond donors (Lipinski definition) is 0. The Morgan fingerprint density at radius 3 is 2.52 bits per heavy atom. The Hall–Kier alpha value is -2.56. The van der Waals surface area contributed by atoms with Crippen LogP contribution in [0, 0.1) is 0 Å². The lowest BCUT2D eigenvalue weighted by Crippen LogP contribution is -2.55. The molecule has 1 aromatic carbocycles. The second-order valence-corrected chi connectivity index (χ2v) is 7.03. The van der Waals surface area contributed by atoms with Gasteiger partial charge in [-0.15, -0.1) is 0 Å². The summed E-state index contributed by atoms with van der Waals surface area (Å²) in [5.41, 5.74) is 1.62. The van der Waals surface area contributed by atoms with E-state index in [9.17, 15) is 9.59 Å². The molecule has 2 aromatic rings. The van der Waals surface area contributed by atoms with Gasteiger partial charge in [0.15, 0.2) is 0 Å². The van der Waals surface area contributed by atoms with Gasteiger partial charge in [-0.2, -0.15) is 0 Å². The van der Waals surface area contributed by atoms with Gasteiger partial charge >= 0.3 is 0 Å². The maximum absolute atomic E-state index is 12.5. The molecule has 25 heavy (non-hydrogen) atoms. The molecule has 3 heterocycles.